The van der Waals surface area contributed by atoms with Gasteiger partial charge in [-0.1, -0.05) is 12.1 Å². The molecule has 140 valence electrons. The number of hydrogen-bond donors (Lipinski definition) is 1. The highest BCUT2D eigenvalue weighted by atomic mass is 32.2. The van der Waals surface area contributed by atoms with Crippen molar-refractivity contribution >= 4 is 15.7 Å². The molecular weight excluding hydrogens is 353 g/mol. The van der Waals surface area contributed by atoms with E-state index in [2.05, 4.69) is 33.7 Å². The Morgan fingerprint density at radius 3 is 2.19 bits per heavy atom. The Balaban J connectivity index is 1.52. The molecule has 1 fully saturated rings. The van der Waals surface area contributed by atoms with Crippen LogP contribution in [0.3, 0.4) is 0 Å². The number of hydrogen-bond acceptors (Lipinski definition) is 4. The van der Waals surface area contributed by atoms with Gasteiger partial charge in [-0.3, -0.25) is 0 Å². The predicted octanol–water partition coefficient (Wildman–Crippen LogP) is 2.10. The second-order valence-corrected chi connectivity index (χ2v) is 8.33. The highest BCUT2D eigenvalue weighted by Crippen LogP contribution is 2.17. The summed E-state index contributed by atoms with van der Waals surface area (Å²) in [5.74, 6) is -0.454. The average Bonchev–Trinajstić information content (AvgIpc) is 2.63. The average molecular weight is 377 g/mol. The Kier molecular flexibility index (Phi) is 5.90. The van der Waals surface area contributed by atoms with Crippen molar-refractivity contribution in [2.45, 2.75) is 11.3 Å². The van der Waals surface area contributed by atoms with Crippen LogP contribution in [0.25, 0.3) is 0 Å². The molecule has 1 heterocycles. The number of likely N-dealkylation sites (N-methyl/N-ethyl adjacent to an activating group) is 1. The van der Waals surface area contributed by atoms with Crippen molar-refractivity contribution in [3.63, 3.8) is 0 Å². The van der Waals surface area contributed by atoms with E-state index in [1.165, 1.54) is 17.8 Å². The van der Waals surface area contributed by atoms with Gasteiger partial charge in [0.1, 0.15) is 5.82 Å². The number of sulfonamides is 1. The van der Waals surface area contributed by atoms with Crippen molar-refractivity contribution in [3.8, 4) is 0 Å². The van der Waals surface area contributed by atoms with Crippen LogP contribution in [-0.2, 0) is 16.4 Å². The first-order valence-electron chi connectivity index (χ1n) is 8.72. The fourth-order valence-corrected chi connectivity index (χ4v) is 4.00. The van der Waals surface area contributed by atoms with Crippen molar-refractivity contribution in [3.05, 3.63) is 59.9 Å². The number of piperazine rings is 1. The molecule has 1 aliphatic heterocycles. The lowest BCUT2D eigenvalue weighted by molar-refractivity contribution is 0.313. The van der Waals surface area contributed by atoms with Crippen LogP contribution in [-0.4, -0.2) is 53.1 Å². The molecule has 0 unspecified atom stereocenters. The molecule has 0 bridgehead atoms. The Morgan fingerprint density at radius 2 is 1.58 bits per heavy atom. The van der Waals surface area contributed by atoms with Gasteiger partial charge >= 0.3 is 0 Å². The lowest BCUT2D eigenvalue weighted by atomic mass is 10.1. The minimum atomic E-state index is -3.61. The van der Waals surface area contributed by atoms with E-state index in [9.17, 15) is 12.8 Å². The molecule has 0 aromatic heterocycles. The number of benzene rings is 2. The maximum Gasteiger partial charge on any atom is 0.240 e. The van der Waals surface area contributed by atoms with Gasteiger partial charge in [0.25, 0.3) is 0 Å². The number of halogens is 1. The summed E-state index contributed by atoms with van der Waals surface area (Å²) in [7, 11) is -1.47. The zero-order chi connectivity index (χ0) is 18.6. The SMILES string of the molecule is CN1CCN(c2ccc(CCNS(=O)(=O)c3ccc(F)cc3)cc2)CC1. The topological polar surface area (TPSA) is 52.6 Å². The van der Waals surface area contributed by atoms with Gasteiger partial charge < -0.3 is 9.80 Å². The first-order chi connectivity index (χ1) is 12.4. The summed E-state index contributed by atoms with van der Waals surface area (Å²) in [5, 5.41) is 0. The van der Waals surface area contributed by atoms with Crippen LogP contribution in [0.5, 0.6) is 0 Å². The second-order valence-electron chi connectivity index (χ2n) is 6.56. The van der Waals surface area contributed by atoms with E-state index in [-0.39, 0.29) is 4.90 Å². The van der Waals surface area contributed by atoms with E-state index in [1.54, 1.807) is 0 Å². The van der Waals surface area contributed by atoms with E-state index in [1.807, 2.05) is 12.1 Å². The maximum absolute atomic E-state index is 12.9. The smallest absolute Gasteiger partial charge is 0.240 e. The van der Waals surface area contributed by atoms with Gasteiger partial charge in [0.15, 0.2) is 0 Å². The van der Waals surface area contributed by atoms with Gasteiger partial charge in [-0.15, -0.1) is 0 Å². The lowest BCUT2D eigenvalue weighted by Gasteiger charge is -2.34. The Labute approximate surface area is 154 Å². The summed E-state index contributed by atoms with van der Waals surface area (Å²) in [6.45, 7) is 4.47. The summed E-state index contributed by atoms with van der Waals surface area (Å²) in [6, 6.07) is 13.1. The number of nitrogens with one attached hydrogen (secondary N) is 1. The summed E-state index contributed by atoms with van der Waals surface area (Å²) >= 11 is 0. The molecule has 0 amide bonds. The molecule has 0 saturated carbocycles. The minimum absolute atomic E-state index is 0.0734. The summed E-state index contributed by atoms with van der Waals surface area (Å²) in [4.78, 5) is 4.75. The Bertz CT molecular complexity index is 815. The molecule has 0 spiro atoms. The van der Waals surface area contributed by atoms with Crippen LogP contribution in [0, 0.1) is 5.82 Å². The van der Waals surface area contributed by atoms with Gasteiger partial charge in [-0.25, -0.2) is 17.5 Å². The third-order valence-corrected chi connectivity index (χ3v) is 6.11. The molecule has 2 aromatic carbocycles. The highest BCUT2D eigenvalue weighted by molar-refractivity contribution is 7.89. The van der Waals surface area contributed by atoms with Crippen LogP contribution in [0.1, 0.15) is 5.56 Å². The first kappa shape index (κ1) is 18.8. The fourth-order valence-electron chi connectivity index (χ4n) is 2.96. The molecule has 3 rings (SSSR count). The van der Waals surface area contributed by atoms with Gasteiger partial charge in [0.05, 0.1) is 4.90 Å². The van der Waals surface area contributed by atoms with Crippen molar-refractivity contribution in [1.82, 2.24) is 9.62 Å². The zero-order valence-electron chi connectivity index (χ0n) is 14.9. The van der Waals surface area contributed by atoms with Crippen molar-refractivity contribution in [2.24, 2.45) is 0 Å². The van der Waals surface area contributed by atoms with Gasteiger partial charge in [0.2, 0.25) is 10.0 Å². The van der Waals surface area contributed by atoms with E-state index < -0.39 is 15.8 Å². The molecular formula is C19H24FN3O2S. The van der Waals surface area contributed by atoms with E-state index in [0.29, 0.717) is 13.0 Å². The molecule has 1 aliphatic rings. The zero-order valence-corrected chi connectivity index (χ0v) is 15.7. The summed E-state index contributed by atoms with van der Waals surface area (Å²) in [6.07, 6.45) is 0.601. The quantitative estimate of drug-likeness (QED) is 0.838. The Hall–Kier alpha value is -1.96. The molecule has 26 heavy (non-hydrogen) atoms. The van der Waals surface area contributed by atoms with Crippen molar-refractivity contribution in [1.29, 1.82) is 0 Å². The standard InChI is InChI=1S/C19H24FN3O2S/c1-22-12-14-23(15-13-22)18-6-2-16(3-7-18)10-11-21-26(24,25)19-8-4-17(20)5-9-19/h2-9,21H,10-15H2,1H3. The maximum atomic E-state index is 12.9. The van der Waals surface area contributed by atoms with Crippen LogP contribution < -0.4 is 9.62 Å². The van der Waals surface area contributed by atoms with Gasteiger partial charge in [0, 0.05) is 38.4 Å². The third-order valence-electron chi connectivity index (χ3n) is 4.63. The summed E-state index contributed by atoms with van der Waals surface area (Å²) < 4.78 is 39.8. The third kappa shape index (κ3) is 4.81. The highest BCUT2D eigenvalue weighted by Gasteiger charge is 2.15. The molecule has 0 atom stereocenters. The van der Waals surface area contributed by atoms with Crippen LogP contribution >= 0.6 is 0 Å². The van der Waals surface area contributed by atoms with Gasteiger partial charge in [-0.05, 0) is 55.4 Å². The molecule has 7 heteroatoms. The number of anilines is 1. The molecule has 1 saturated heterocycles. The van der Waals surface area contributed by atoms with Crippen LogP contribution in [0.4, 0.5) is 10.1 Å². The normalized spacial score (nSPS) is 16.0. The van der Waals surface area contributed by atoms with E-state index in [0.717, 1.165) is 43.9 Å². The predicted molar refractivity (Wildman–Crippen MR) is 101 cm³/mol. The van der Waals surface area contributed by atoms with Crippen molar-refractivity contribution in [2.75, 3.05) is 44.7 Å². The molecule has 1 N–H and O–H groups in total. The molecule has 0 aliphatic carbocycles. The van der Waals surface area contributed by atoms with E-state index in [4.69, 9.17) is 0 Å². The second kappa shape index (κ2) is 8.16. The van der Waals surface area contributed by atoms with E-state index >= 15 is 0 Å². The molecule has 2 aromatic rings. The fraction of sp³-hybridized carbons (Fsp3) is 0.368. The van der Waals surface area contributed by atoms with Crippen LogP contribution in [0.15, 0.2) is 53.4 Å². The largest absolute Gasteiger partial charge is 0.369 e. The number of rotatable bonds is 6. The number of nitrogens with zero attached hydrogens (tertiary/aromatic N) is 2. The molecule has 5 nitrogen and oxygen atoms in total. The van der Waals surface area contributed by atoms with Gasteiger partial charge in [-0.2, -0.15) is 0 Å². The lowest BCUT2D eigenvalue weighted by Crippen LogP contribution is -2.44. The molecule has 0 radical (unpaired) electrons. The van der Waals surface area contributed by atoms with Crippen molar-refractivity contribution < 1.29 is 12.8 Å². The monoisotopic (exact) mass is 377 g/mol. The van der Waals surface area contributed by atoms with Crippen LogP contribution in [0.2, 0.25) is 0 Å². The minimum Gasteiger partial charge on any atom is -0.369 e. The first-order valence-corrected chi connectivity index (χ1v) is 10.2. The Morgan fingerprint density at radius 1 is 0.962 bits per heavy atom. The summed E-state index contributed by atoms with van der Waals surface area (Å²) in [5.41, 5.74) is 2.28.